The molecule has 0 radical (unpaired) electrons. The normalized spacial score (nSPS) is 10.8. The molecule has 0 atom stereocenters. The highest BCUT2D eigenvalue weighted by atomic mass is 16.3. The lowest BCUT2D eigenvalue weighted by Gasteiger charge is -2.19. The molecule has 0 bridgehead atoms. The molecule has 0 unspecified atom stereocenters. The molecule has 12 heavy (non-hydrogen) atoms. The molecule has 0 aliphatic heterocycles. The Labute approximate surface area is 73.0 Å². The van der Waals surface area contributed by atoms with E-state index in [0.29, 0.717) is 0 Å². The fraction of sp³-hybridized carbons (Fsp3) is 0.273. The molecule has 0 aliphatic carbocycles. The van der Waals surface area contributed by atoms with Gasteiger partial charge in [-0.05, 0) is 25.5 Å². The van der Waals surface area contributed by atoms with Crippen molar-refractivity contribution in [3.8, 4) is 12.3 Å². The van der Waals surface area contributed by atoms with Gasteiger partial charge in [-0.1, -0.05) is 24.1 Å². The molecule has 1 N–H and O–H groups in total. The van der Waals surface area contributed by atoms with Gasteiger partial charge in [0.15, 0.2) is 0 Å². The molecule has 0 saturated heterocycles. The summed E-state index contributed by atoms with van der Waals surface area (Å²) in [6, 6.07) is 7.40. The van der Waals surface area contributed by atoms with Crippen LogP contribution < -0.4 is 0 Å². The minimum absolute atomic E-state index is 0.755. The average molecular weight is 160 g/mol. The largest absolute Gasteiger partial charge is 0.386 e. The molecular weight excluding hydrogens is 148 g/mol. The van der Waals surface area contributed by atoms with E-state index in [1.54, 1.807) is 13.8 Å². The number of aliphatic hydroxyl groups is 1. The van der Waals surface area contributed by atoms with Crippen LogP contribution in [-0.2, 0) is 5.60 Å². The second-order valence-corrected chi connectivity index (χ2v) is 3.25. The lowest BCUT2D eigenvalue weighted by Crippen LogP contribution is -2.16. The van der Waals surface area contributed by atoms with Gasteiger partial charge in [0.05, 0.1) is 5.60 Å². The summed E-state index contributed by atoms with van der Waals surface area (Å²) in [5.74, 6) is 2.54. The summed E-state index contributed by atoms with van der Waals surface area (Å²) in [6.45, 7) is 3.45. The smallest absolute Gasteiger partial charge is 0.0852 e. The Hall–Kier alpha value is -1.26. The first-order valence-corrected chi connectivity index (χ1v) is 3.84. The zero-order chi connectivity index (χ0) is 9.19. The summed E-state index contributed by atoms with van der Waals surface area (Å²) in [4.78, 5) is 0. The molecule has 0 heterocycles. The number of hydrogen-bond donors (Lipinski definition) is 1. The Bertz CT molecular complexity index is 313. The molecule has 1 heteroatoms. The van der Waals surface area contributed by atoms with Gasteiger partial charge in [-0.2, -0.15) is 0 Å². The van der Waals surface area contributed by atoms with Gasteiger partial charge in [-0.15, -0.1) is 6.42 Å². The lowest BCUT2D eigenvalue weighted by atomic mass is 9.94. The molecule has 1 aromatic rings. The Morgan fingerprint density at radius 2 is 1.92 bits per heavy atom. The van der Waals surface area contributed by atoms with Crippen LogP contribution in [0.25, 0.3) is 0 Å². The standard InChI is InChI=1S/C11H12O/c1-4-9-7-5-6-8-10(9)11(2,3)12/h1,5-8,12H,2-3H3. The predicted octanol–water partition coefficient (Wildman–Crippen LogP) is 1.90. The second kappa shape index (κ2) is 3.00. The number of hydrogen-bond acceptors (Lipinski definition) is 1. The van der Waals surface area contributed by atoms with Gasteiger partial charge in [0.2, 0.25) is 0 Å². The van der Waals surface area contributed by atoms with Gasteiger partial charge < -0.3 is 5.11 Å². The van der Waals surface area contributed by atoms with E-state index in [9.17, 15) is 5.11 Å². The van der Waals surface area contributed by atoms with Crippen LogP contribution in [0.15, 0.2) is 24.3 Å². The topological polar surface area (TPSA) is 20.2 Å². The Morgan fingerprint density at radius 1 is 1.33 bits per heavy atom. The molecule has 0 saturated carbocycles. The van der Waals surface area contributed by atoms with Gasteiger partial charge >= 0.3 is 0 Å². The summed E-state index contributed by atoms with van der Waals surface area (Å²) >= 11 is 0. The van der Waals surface area contributed by atoms with Crippen LogP contribution in [0.1, 0.15) is 25.0 Å². The van der Waals surface area contributed by atoms with Crippen molar-refractivity contribution in [2.75, 3.05) is 0 Å². The minimum Gasteiger partial charge on any atom is -0.386 e. The SMILES string of the molecule is C#Cc1ccccc1C(C)(C)O. The monoisotopic (exact) mass is 160 g/mol. The van der Waals surface area contributed by atoms with Crippen LogP contribution in [0.3, 0.4) is 0 Å². The number of terminal acetylenes is 1. The van der Waals surface area contributed by atoms with Crippen LogP contribution in [0.4, 0.5) is 0 Å². The van der Waals surface area contributed by atoms with Crippen LogP contribution in [0.5, 0.6) is 0 Å². The van der Waals surface area contributed by atoms with Gasteiger partial charge in [0.1, 0.15) is 0 Å². The Morgan fingerprint density at radius 3 is 2.33 bits per heavy atom. The Balaban J connectivity index is 3.26. The fourth-order valence-corrected chi connectivity index (χ4v) is 1.14. The summed E-state index contributed by atoms with van der Waals surface area (Å²) < 4.78 is 0. The van der Waals surface area contributed by atoms with Crippen molar-refractivity contribution in [2.45, 2.75) is 19.4 Å². The van der Waals surface area contributed by atoms with E-state index in [0.717, 1.165) is 11.1 Å². The molecule has 62 valence electrons. The Kier molecular flexibility index (Phi) is 2.21. The molecule has 1 nitrogen and oxygen atoms in total. The van der Waals surface area contributed by atoms with Crippen molar-refractivity contribution in [3.63, 3.8) is 0 Å². The maximum absolute atomic E-state index is 9.71. The molecule has 0 spiro atoms. The van der Waals surface area contributed by atoms with Crippen molar-refractivity contribution >= 4 is 0 Å². The first-order chi connectivity index (χ1) is 5.55. The van der Waals surface area contributed by atoms with E-state index < -0.39 is 5.60 Å². The highest BCUT2D eigenvalue weighted by Crippen LogP contribution is 2.22. The zero-order valence-corrected chi connectivity index (χ0v) is 7.33. The molecule has 1 rings (SSSR count). The molecule has 0 amide bonds. The van der Waals surface area contributed by atoms with E-state index >= 15 is 0 Å². The zero-order valence-electron chi connectivity index (χ0n) is 7.33. The van der Waals surface area contributed by atoms with E-state index in [2.05, 4.69) is 5.92 Å². The third-order valence-electron chi connectivity index (χ3n) is 1.74. The third-order valence-corrected chi connectivity index (χ3v) is 1.74. The maximum atomic E-state index is 9.71. The second-order valence-electron chi connectivity index (χ2n) is 3.25. The summed E-state index contributed by atoms with van der Waals surface area (Å²) in [7, 11) is 0. The summed E-state index contributed by atoms with van der Waals surface area (Å²) in [5, 5.41) is 9.71. The van der Waals surface area contributed by atoms with Gasteiger partial charge in [-0.3, -0.25) is 0 Å². The van der Waals surface area contributed by atoms with Gasteiger partial charge in [0.25, 0.3) is 0 Å². The van der Waals surface area contributed by atoms with Gasteiger partial charge in [0, 0.05) is 5.56 Å². The van der Waals surface area contributed by atoms with Crippen molar-refractivity contribution in [2.24, 2.45) is 0 Å². The molecule has 0 aromatic heterocycles. The first-order valence-electron chi connectivity index (χ1n) is 3.84. The fourth-order valence-electron chi connectivity index (χ4n) is 1.14. The lowest BCUT2D eigenvalue weighted by molar-refractivity contribution is 0.0783. The van der Waals surface area contributed by atoms with E-state index in [-0.39, 0.29) is 0 Å². The highest BCUT2D eigenvalue weighted by molar-refractivity contribution is 5.42. The average Bonchev–Trinajstić information content (AvgIpc) is 2.03. The quantitative estimate of drug-likeness (QED) is 0.622. The van der Waals surface area contributed by atoms with Crippen molar-refractivity contribution in [1.29, 1.82) is 0 Å². The third kappa shape index (κ3) is 1.66. The maximum Gasteiger partial charge on any atom is 0.0852 e. The van der Waals surface area contributed by atoms with Crippen molar-refractivity contribution in [3.05, 3.63) is 35.4 Å². The predicted molar refractivity (Wildman–Crippen MR) is 49.6 cm³/mol. The van der Waals surface area contributed by atoms with E-state index in [4.69, 9.17) is 6.42 Å². The van der Waals surface area contributed by atoms with Crippen molar-refractivity contribution in [1.82, 2.24) is 0 Å². The van der Waals surface area contributed by atoms with Gasteiger partial charge in [-0.25, -0.2) is 0 Å². The minimum atomic E-state index is -0.858. The van der Waals surface area contributed by atoms with Crippen molar-refractivity contribution < 1.29 is 5.11 Å². The summed E-state index contributed by atoms with van der Waals surface area (Å²) in [6.07, 6.45) is 5.29. The number of rotatable bonds is 1. The van der Waals surface area contributed by atoms with E-state index in [1.165, 1.54) is 0 Å². The molecule has 1 aromatic carbocycles. The van der Waals surface area contributed by atoms with Crippen LogP contribution in [-0.4, -0.2) is 5.11 Å². The molecular formula is C11H12O. The van der Waals surface area contributed by atoms with Crippen LogP contribution in [0.2, 0.25) is 0 Å². The first kappa shape index (κ1) is 8.83. The van der Waals surface area contributed by atoms with Crippen LogP contribution in [0, 0.1) is 12.3 Å². The van der Waals surface area contributed by atoms with Crippen LogP contribution >= 0.6 is 0 Å². The summed E-state index contributed by atoms with van der Waals surface area (Å²) in [5.41, 5.74) is 0.695. The number of benzene rings is 1. The van der Waals surface area contributed by atoms with E-state index in [1.807, 2.05) is 24.3 Å². The highest BCUT2D eigenvalue weighted by Gasteiger charge is 2.18. The molecule has 0 aliphatic rings. The molecule has 0 fully saturated rings.